The van der Waals surface area contributed by atoms with Crippen LogP contribution in [0.4, 0.5) is 17.2 Å². The molecule has 0 unspecified atom stereocenters. The summed E-state index contributed by atoms with van der Waals surface area (Å²) in [5.74, 6) is 2.64. The standard InChI is InChI=1S/C15H17N3O2S.C8H11NO.C7H7ClN2OS/c1-18(10-4-6-11(19-2)7-5-10)14-12-8-20-9-13(12)16-15(17-14)21-3;1-9-7-3-5-8(10-2)6-4-7;1-12-7-9-5-3-11-2-4(5)6(8)10-7/h4-7H,8-9H2,1-3H3;3-6,9H,1-2H3;2-3H2,1H3. The van der Waals surface area contributed by atoms with Crippen LogP contribution in [-0.4, -0.2) is 60.8 Å². The van der Waals surface area contributed by atoms with Gasteiger partial charge in [0.15, 0.2) is 10.3 Å². The number of benzene rings is 2. The number of aromatic nitrogens is 4. The number of thioether (sulfide) groups is 2. The molecule has 6 rings (SSSR count). The van der Waals surface area contributed by atoms with Crippen LogP contribution in [0.15, 0.2) is 58.8 Å². The topological polar surface area (TPSA) is 104 Å². The van der Waals surface area contributed by atoms with Gasteiger partial charge in [0, 0.05) is 36.6 Å². The quantitative estimate of drug-likeness (QED) is 0.133. The molecule has 10 nitrogen and oxygen atoms in total. The summed E-state index contributed by atoms with van der Waals surface area (Å²) in [4.78, 5) is 19.6. The fraction of sp³-hybridized carbons (Fsp3) is 0.333. The summed E-state index contributed by atoms with van der Waals surface area (Å²) in [6.07, 6.45) is 3.91. The molecule has 0 atom stereocenters. The van der Waals surface area contributed by atoms with Crippen molar-refractivity contribution in [3.05, 3.63) is 76.2 Å². The van der Waals surface area contributed by atoms with Crippen LogP contribution in [-0.2, 0) is 35.9 Å². The highest BCUT2D eigenvalue weighted by Crippen LogP contribution is 2.33. The third kappa shape index (κ3) is 8.42. The Morgan fingerprint density at radius 1 is 0.744 bits per heavy atom. The van der Waals surface area contributed by atoms with E-state index in [-0.39, 0.29) is 0 Å². The van der Waals surface area contributed by atoms with Crippen molar-refractivity contribution in [2.45, 2.75) is 36.7 Å². The molecule has 2 aromatic carbocycles. The van der Waals surface area contributed by atoms with E-state index >= 15 is 0 Å². The molecule has 228 valence electrons. The Morgan fingerprint density at radius 3 is 1.79 bits per heavy atom. The number of hydrogen-bond donors (Lipinski definition) is 1. The smallest absolute Gasteiger partial charge is 0.189 e. The van der Waals surface area contributed by atoms with E-state index in [0.29, 0.717) is 36.7 Å². The lowest BCUT2D eigenvalue weighted by molar-refractivity contribution is 0.133. The summed E-state index contributed by atoms with van der Waals surface area (Å²) in [7, 11) is 7.22. The van der Waals surface area contributed by atoms with Crippen LogP contribution < -0.4 is 19.7 Å². The van der Waals surface area contributed by atoms with Crippen LogP contribution in [0, 0.1) is 0 Å². The Balaban J connectivity index is 0.000000163. The van der Waals surface area contributed by atoms with Crippen LogP contribution in [0.5, 0.6) is 11.5 Å². The van der Waals surface area contributed by atoms with E-state index in [1.807, 2.05) is 75.1 Å². The summed E-state index contributed by atoms with van der Waals surface area (Å²) in [6.45, 7) is 2.24. The van der Waals surface area contributed by atoms with E-state index in [2.05, 4.69) is 30.2 Å². The van der Waals surface area contributed by atoms with Crippen molar-refractivity contribution in [1.82, 2.24) is 19.9 Å². The average Bonchev–Trinajstić information content (AvgIpc) is 3.75. The Labute approximate surface area is 265 Å². The minimum atomic E-state index is 0.529. The van der Waals surface area contributed by atoms with Crippen molar-refractivity contribution in [1.29, 1.82) is 0 Å². The minimum Gasteiger partial charge on any atom is -0.497 e. The first-order valence-corrected chi connectivity index (χ1v) is 16.1. The molecule has 0 aliphatic carbocycles. The van der Waals surface area contributed by atoms with E-state index in [1.54, 1.807) is 26.0 Å². The van der Waals surface area contributed by atoms with E-state index in [4.69, 9.17) is 30.5 Å². The van der Waals surface area contributed by atoms with Crippen LogP contribution in [0.3, 0.4) is 0 Å². The molecule has 0 spiro atoms. The maximum absolute atomic E-state index is 5.91. The molecular formula is C30H35ClN6O4S2. The fourth-order valence-electron chi connectivity index (χ4n) is 4.15. The summed E-state index contributed by atoms with van der Waals surface area (Å²) in [6, 6.07) is 15.7. The van der Waals surface area contributed by atoms with Gasteiger partial charge in [0.1, 0.15) is 22.5 Å². The first-order chi connectivity index (χ1) is 20.9. The van der Waals surface area contributed by atoms with Crippen molar-refractivity contribution in [2.24, 2.45) is 0 Å². The molecule has 0 radical (unpaired) electrons. The number of halogens is 1. The zero-order valence-electron chi connectivity index (χ0n) is 25.0. The molecule has 0 bridgehead atoms. The van der Waals surface area contributed by atoms with Gasteiger partial charge in [0.2, 0.25) is 0 Å². The number of anilines is 3. The van der Waals surface area contributed by atoms with Crippen LogP contribution in [0.25, 0.3) is 0 Å². The van der Waals surface area contributed by atoms with Crippen molar-refractivity contribution in [2.75, 3.05) is 51.0 Å². The molecule has 2 aromatic heterocycles. The molecular weight excluding hydrogens is 608 g/mol. The molecule has 0 fully saturated rings. The van der Waals surface area contributed by atoms with Gasteiger partial charge in [-0.15, -0.1) is 0 Å². The SMILES string of the molecule is CNc1ccc(OC)cc1.COc1ccc(N(C)c2nc(SC)nc3c2COC3)cc1.CSc1nc(Cl)c2c(n1)COC2. The predicted molar refractivity (Wildman–Crippen MR) is 173 cm³/mol. The van der Waals surface area contributed by atoms with Crippen LogP contribution in [0.1, 0.15) is 22.5 Å². The molecule has 43 heavy (non-hydrogen) atoms. The Hall–Kier alpha value is -3.29. The molecule has 0 amide bonds. The van der Waals surface area contributed by atoms with Gasteiger partial charge < -0.3 is 29.2 Å². The normalized spacial score (nSPS) is 12.6. The van der Waals surface area contributed by atoms with E-state index in [9.17, 15) is 0 Å². The largest absolute Gasteiger partial charge is 0.497 e. The van der Waals surface area contributed by atoms with Crippen molar-refractivity contribution in [3.63, 3.8) is 0 Å². The first kappa shape index (κ1) is 32.6. The zero-order chi connectivity index (χ0) is 30.8. The monoisotopic (exact) mass is 642 g/mol. The van der Waals surface area contributed by atoms with Gasteiger partial charge in [-0.3, -0.25) is 0 Å². The zero-order valence-corrected chi connectivity index (χ0v) is 27.4. The van der Waals surface area contributed by atoms with E-state index in [1.165, 1.54) is 11.8 Å². The van der Waals surface area contributed by atoms with Gasteiger partial charge in [-0.05, 0) is 61.0 Å². The highest BCUT2D eigenvalue weighted by Gasteiger charge is 2.23. The average molecular weight is 643 g/mol. The molecule has 0 saturated heterocycles. The van der Waals surface area contributed by atoms with Gasteiger partial charge >= 0.3 is 0 Å². The third-order valence-corrected chi connectivity index (χ3v) is 7.97. The Bertz CT molecular complexity index is 1470. The summed E-state index contributed by atoms with van der Waals surface area (Å²) in [5.41, 5.74) is 6.08. The van der Waals surface area contributed by atoms with E-state index in [0.717, 1.165) is 56.4 Å². The molecule has 2 aliphatic rings. The van der Waals surface area contributed by atoms with Gasteiger partial charge in [0.25, 0.3) is 0 Å². The number of hydrogen-bond acceptors (Lipinski definition) is 12. The molecule has 1 N–H and O–H groups in total. The lowest BCUT2D eigenvalue weighted by Crippen LogP contribution is -2.15. The number of fused-ring (bicyclic) bond motifs is 2. The van der Waals surface area contributed by atoms with Crippen molar-refractivity contribution in [3.8, 4) is 11.5 Å². The van der Waals surface area contributed by atoms with Crippen molar-refractivity contribution < 1.29 is 18.9 Å². The van der Waals surface area contributed by atoms with Gasteiger partial charge in [-0.25, -0.2) is 19.9 Å². The molecule has 4 aromatic rings. The number of nitrogens with zero attached hydrogens (tertiary/aromatic N) is 5. The number of methoxy groups -OCH3 is 2. The predicted octanol–water partition coefficient (Wildman–Crippen LogP) is 6.62. The lowest BCUT2D eigenvalue weighted by Gasteiger charge is -2.21. The van der Waals surface area contributed by atoms with Gasteiger partial charge in [-0.1, -0.05) is 35.1 Å². The molecule has 4 heterocycles. The maximum atomic E-state index is 5.91. The van der Waals surface area contributed by atoms with Crippen LogP contribution in [0.2, 0.25) is 5.15 Å². The molecule has 0 saturated carbocycles. The second kappa shape index (κ2) is 16.0. The Morgan fingerprint density at radius 2 is 1.26 bits per heavy atom. The number of nitrogens with one attached hydrogen (secondary N) is 1. The number of rotatable bonds is 7. The second-order valence-corrected chi connectivity index (χ2v) is 11.0. The Kier molecular flexibility index (Phi) is 12.1. The highest BCUT2D eigenvalue weighted by molar-refractivity contribution is 7.98. The third-order valence-electron chi connectivity index (χ3n) is 6.56. The minimum absolute atomic E-state index is 0.529. The maximum Gasteiger partial charge on any atom is 0.189 e. The fourth-order valence-corrected chi connectivity index (χ4v) is 5.21. The van der Waals surface area contributed by atoms with Gasteiger partial charge in [0.05, 0.1) is 52.0 Å². The first-order valence-electron chi connectivity index (χ1n) is 13.3. The summed E-state index contributed by atoms with van der Waals surface area (Å²) >= 11 is 8.94. The van der Waals surface area contributed by atoms with Gasteiger partial charge in [-0.2, -0.15) is 0 Å². The lowest BCUT2D eigenvalue weighted by atomic mass is 10.2. The molecule has 13 heteroatoms. The summed E-state index contributed by atoms with van der Waals surface area (Å²) in [5, 5.41) is 5.04. The number of ether oxygens (including phenoxy) is 4. The highest BCUT2D eigenvalue weighted by atomic mass is 35.5. The second-order valence-electron chi connectivity index (χ2n) is 9.11. The van der Waals surface area contributed by atoms with Crippen LogP contribution >= 0.6 is 35.1 Å². The van der Waals surface area contributed by atoms with E-state index < -0.39 is 0 Å². The van der Waals surface area contributed by atoms with Crippen molar-refractivity contribution >= 4 is 52.3 Å². The molecule has 2 aliphatic heterocycles. The summed E-state index contributed by atoms with van der Waals surface area (Å²) < 4.78 is 20.9.